The standard InChI is InChI=1S/C3H7NO4/c1-3(6,2-5)4(7)8/h5-6H,2H2,1H3. The van der Waals surface area contributed by atoms with Crippen LogP contribution in [0, 0.1) is 10.1 Å². The van der Waals surface area contributed by atoms with E-state index in [1.165, 1.54) is 0 Å². The van der Waals surface area contributed by atoms with Crippen LogP contribution in [0.25, 0.3) is 0 Å². The Balaban J connectivity index is 3.91. The van der Waals surface area contributed by atoms with Crippen LogP contribution in [0.4, 0.5) is 0 Å². The van der Waals surface area contributed by atoms with Crippen LogP contribution in [0.3, 0.4) is 0 Å². The first kappa shape index (κ1) is 7.32. The molecule has 5 heteroatoms. The van der Waals surface area contributed by atoms with Gasteiger partial charge in [0, 0.05) is 6.92 Å². The molecule has 0 aromatic heterocycles. The normalized spacial score (nSPS) is 17.4. The van der Waals surface area contributed by atoms with E-state index in [2.05, 4.69) is 0 Å². The maximum absolute atomic E-state index is 9.65. The number of nitrogens with zero attached hydrogens (tertiary/aromatic N) is 1. The zero-order valence-electron chi connectivity index (χ0n) is 4.37. The van der Waals surface area contributed by atoms with E-state index in [-0.39, 0.29) is 0 Å². The topological polar surface area (TPSA) is 83.6 Å². The van der Waals surface area contributed by atoms with Gasteiger partial charge >= 0.3 is 5.72 Å². The highest BCUT2D eigenvalue weighted by Crippen LogP contribution is 1.99. The Bertz CT molecular complexity index is 99.5. The van der Waals surface area contributed by atoms with Crippen molar-refractivity contribution in [2.24, 2.45) is 0 Å². The van der Waals surface area contributed by atoms with Gasteiger partial charge in [-0.2, -0.15) is 0 Å². The second-order valence-electron chi connectivity index (χ2n) is 1.63. The molecule has 0 saturated heterocycles. The lowest BCUT2D eigenvalue weighted by atomic mass is 10.3. The largest absolute Gasteiger partial charge is 0.386 e. The molecule has 1 atom stereocenters. The third-order valence-corrected chi connectivity index (χ3v) is 0.693. The highest BCUT2D eigenvalue weighted by molar-refractivity contribution is 4.51. The summed E-state index contributed by atoms with van der Waals surface area (Å²) in [6.45, 7) is 0.0625. The van der Waals surface area contributed by atoms with Crippen molar-refractivity contribution in [1.29, 1.82) is 0 Å². The molecule has 8 heavy (non-hydrogen) atoms. The highest BCUT2D eigenvalue weighted by Gasteiger charge is 2.32. The summed E-state index contributed by atoms with van der Waals surface area (Å²) in [5, 5.41) is 26.2. The van der Waals surface area contributed by atoms with Gasteiger partial charge in [0.25, 0.3) is 0 Å². The molecule has 0 heterocycles. The number of hydrogen-bond acceptors (Lipinski definition) is 4. The molecule has 0 aromatic carbocycles. The Morgan fingerprint density at radius 3 is 2.25 bits per heavy atom. The lowest BCUT2D eigenvalue weighted by Gasteiger charge is -2.08. The van der Waals surface area contributed by atoms with Crippen LogP contribution >= 0.6 is 0 Å². The Hall–Kier alpha value is -0.680. The molecule has 0 saturated carbocycles. The van der Waals surface area contributed by atoms with Gasteiger partial charge in [0.1, 0.15) is 6.61 Å². The third kappa shape index (κ3) is 1.43. The fourth-order valence-electron chi connectivity index (χ4n) is 0.0577. The molecule has 0 fully saturated rings. The monoisotopic (exact) mass is 121 g/mol. The van der Waals surface area contributed by atoms with Crippen LogP contribution in [0.15, 0.2) is 0 Å². The Morgan fingerprint density at radius 1 is 1.88 bits per heavy atom. The fourth-order valence-corrected chi connectivity index (χ4v) is 0.0577. The maximum atomic E-state index is 9.65. The minimum atomic E-state index is -2.18. The van der Waals surface area contributed by atoms with E-state index in [9.17, 15) is 10.1 Å². The number of hydrogen-bond donors (Lipinski definition) is 2. The molecule has 0 rings (SSSR count). The number of nitro groups is 1. The van der Waals surface area contributed by atoms with E-state index in [1.54, 1.807) is 0 Å². The molecule has 48 valence electrons. The molecule has 1 unspecified atom stereocenters. The Morgan fingerprint density at radius 2 is 2.25 bits per heavy atom. The molecule has 0 aliphatic rings. The summed E-state index contributed by atoms with van der Waals surface area (Å²) in [6, 6.07) is 0. The first-order valence-electron chi connectivity index (χ1n) is 1.98. The van der Waals surface area contributed by atoms with Crippen LogP contribution in [0.1, 0.15) is 6.92 Å². The quantitative estimate of drug-likeness (QED) is 0.278. The number of aliphatic hydroxyl groups excluding tert-OH is 1. The first-order valence-corrected chi connectivity index (χ1v) is 1.98. The van der Waals surface area contributed by atoms with E-state index < -0.39 is 17.3 Å². The average Bonchev–Trinajstić information content (AvgIpc) is 1.67. The van der Waals surface area contributed by atoms with Crippen molar-refractivity contribution in [3.8, 4) is 0 Å². The van der Waals surface area contributed by atoms with Gasteiger partial charge in [-0.25, -0.2) is 0 Å². The number of aliphatic hydroxyl groups is 2. The smallest absolute Gasteiger partial charge is 0.342 e. The molecule has 0 aromatic rings. The van der Waals surface area contributed by atoms with Crippen LogP contribution in [-0.2, 0) is 0 Å². The molecule has 5 nitrogen and oxygen atoms in total. The van der Waals surface area contributed by atoms with Gasteiger partial charge in [-0.1, -0.05) is 0 Å². The summed E-state index contributed by atoms with van der Waals surface area (Å²) in [6.07, 6.45) is 0. The summed E-state index contributed by atoms with van der Waals surface area (Å²) < 4.78 is 0. The van der Waals surface area contributed by atoms with E-state index >= 15 is 0 Å². The van der Waals surface area contributed by atoms with Crippen molar-refractivity contribution in [2.75, 3.05) is 6.61 Å². The molecule has 0 amide bonds. The lowest BCUT2D eigenvalue weighted by molar-refractivity contribution is -0.622. The van der Waals surface area contributed by atoms with E-state index in [0.717, 1.165) is 6.92 Å². The number of rotatable bonds is 2. The van der Waals surface area contributed by atoms with E-state index in [0.29, 0.717) is 0 Å². The first-order chi connectivity index (χ1) is 3.50. The van der Waals surface area contributed by atoms with Gasteiger partial charge in [-0.3, -0.25) is 10.1 Å². The van der Waals surface area contributed by atoms with Crippen molar-refractivity contribution in [3.63, 3.8) is 0 Å². The molecular formula is C3H7NO4. The lowest BCUT2D eigenvalue weighted by Crippen LogP contribution is -2.38. The Kier molecular flexibility index (Phi) is 1.88. The van der Waals surface area contributed by atoms with Crippen molar-refractivity contribution < 1.29 is 15.1 Å². The molecular weight excluding hydrogens is 114 g/mol. The Labute approximate surface area is 45.7 Å². The second-order valence-corrected chi connectivity index (χ2v) is 1.63. The summed E-state index contributed by atoms with van der Waals surface area (Å²) in [5.41, 5.74) is -2.18. The van der Waals surface area contributed by atoms with Crippen molar-refractivity contribution in [3.05, 3.63) is 10.1 Å². The molecule has 0 radical (unpaired) electrons. The minimum absolute atomic E-state index is 0.861. The predicted octanol–water partition coefficient (Wildman–Crippen LogP) is -1.04. The van der Waals surface area contributed by atoms with Gasteiger partial charge in [-0.05, 0) is 0 Å². The molecule has 0 spiro atoms. The van der Waals surface area contributed by atoms with Crippen molar-refractivity contribution in [2.45, 2.75) is 12.6 Å². The van der Waals surface area contributed by atoms with Crippen LogP contribution in [0.2, 0.25) is 0 Å². The third-order valence-electron chi connectivity index (χ3n) is 0.693. The van der Waals surface area contributed by atoms with Gasteiger partial charge in [0.05, 0.1) is 4.92 Å². The maximum Gasteiger partial charge on any atom is 0.342 e. The van der Waals surface area contributed by atoms with Gasteiger partial charge in [0.15, 0.2) is 0 Å². The summed E-state index contributed by atoms with van der Waals surface area (Å²) >= 11 is 0. The van der Waals surface area contributed by atoms with Gasteiger partial charge in [-0.15, -0.1) is 0 Å². The predicted molar refractivity (Wildman–Crippen MR) is 24.7 cm³/mol. The van der Waals surface area contributed by atoms with Crippen LogP contribution < -0.4 is 0 Å². The second kappa shape index (κ2) is 2.06. The van der Waals surface area contributed by atoms with E-state index in [1.807, 2.05) is 0 Å². The highest BCUT2D eigenvalue weighted by atomic mass is 16.7. The molecule has 0 aliphatic heterocycles. The molecule has 0 bridgehead atoms. The van der Waals surface area contributed by atoms with Crippen molar-refractivity contribution >= 4 is 0 Å². The zero-order valence-corrected chi connectivity index (χ0v) is 4.37. The van der Waals surface area contributed by atoms with Crippen LogP contribution in [-0.4, -0.2) is 27.5 Å². The summed E-state index contributed by atoms with van der Waals surface area (Å²) in [5.74, 6) is 0. The molecule has 2 N–H and O–H groups in total. The zero-order chi connectivity index (χ0) is 6.78. The van der Waals surface area contributed by atoms with Crippen LogP contribution in [0.5, 0.6) is 0 Å². The minimum Gasteiger partial charge on any atom is -0.386 e. The van der Waals surface area contributed by atoms with Gasteiger partial charge in [0.2, 0.25) is 0 Å². The fraction of sp³-hybridized carbons (Fsp3) is 1.00. The summed E-state index contributed by atoms with van der Waals surface area (Å²) in [4.78, 5) is 8.70. The van der Waals surface area contributed by atoms with E-state index in [4.69, 9.17) is 10.2 Å². The summed E-state index contributed by atoms with van der Waals surface area (Å²) in [7, 11) is 0. The SMILES string of the molecule is CC(O)(CO)[N+](=O)[O-]. The van der Waals surface area contributed by atoms with Gasteiger partial charge < -0.3 is 10.2 Å². The van der Waals surface area contributed by atoms with Crippen molar-refractivity contribution in [1.82, 2.24) is 0 Å². The molecule has 0 aliphatic carbocycles. The average molecular weight is 121 g/mol.